The van der Waals surface area contributed by atoms with Gasteiger partial charge in [0.1, 0.15) is 18.5 Å². The van der Waals surface area contributed by atoms with Gasteiger partial charge in [-0.25, -0.2) is 9.37 Å². The molecule has 0 unspecified atom stereocenters. The molecule has 2 atom stereocenters. The van der Waals surface area contributed by atoms with Gasteiger partial charge in [0, 0.05) is 19.6 Å². The van der Waals surface area contributed by atoms with Crippen LogP contribution in [0.15, 0.2) is 36.9 Å². The first-order chi connectivity index (χ1) is 10.7. The van der Waals surface area contributed by atoms with Gasteiger partial charge in [0.2, 0.25) is 0 Å². The first-order valence-electron chi connectivity index (χ1n) is 7.30. The molecule has 0 saturated carbocycles. The van der Waals surface area contributed by atoms with Crippen LogP contribution in [-0.2, 0) is 11.3 Å². The molecule has 0 aliphatic carbocycles. The van der Waals surface area contributed by atoms with Gasteiger partial charge in [-0.1, -0.05) is 12.1 Å². The van der Waals surface area contributed by atoms with Crippen LogP contribution in [0.3, 0.4) is 0 Å². The van der Waals surface area contributed by atoms with E-state index in [0.29, 0.717) is 19.7 Å². The smallest absolute Gasteiger partial charge is 0.137 e. The van der Waals surface area contributed by atoms with Gasteiger partial charge in [-0.2, -0.15) is 5.10 Å². The summed E-state index contributed by atoms with van der Waals surface area (Å²) in [6.07, 6.45) is 2.55. The molecule has 3 rings (SSSR count). The van der Waals surface area contributed by atoms with E-state index in [4.69, 9.17) is 4.74 Å². The van der Waals surface area contributed by atoms with Crippen LogP contribution < -0.4 is 0 Å². The summed E-state index contributed by atoms with van der Waals surface area (Å²) < 4.78 is 20.4. The van der Waals surface area contributed by atoms with Crippen molar-refractivity contribution in [1.82, 2.24) is 19.7 Å². The number of aromatic nitrogens is 3. The van der Waals surface area contributed by atoms with Crippen LogP contribution in [0.5, 0.6) is 0 Å². The zero-order valence-electron chi connectivity index (χ0n) is 12.2. The highest BCUT2D eigenvalue weighted by atomic mass is 19.1. The Bertz CT molecular complexity index is 576. The van der Waals surface area contributed by atoms with E-state index in [-0.39, 0.29) is 11.9 Å². The number of nitrogens with zero attached hydrogens (tertiary/aromatic N) is 4. The van der Waals surface area contributed by atoms with Crippen molar-refractivity contribution >= 4 is 0 Å². The highest BCUT2D eigenvalue weighted by Gasteiger charge is 2.23. The number of ether oxygens (including phenoxy) is 1. The summed E-state index contributed by atoms with van der Waals surface area (Å²) in [6, 6.07) is 5.97. The molecule has 118 valence electrons. The molecule has 0 radical (unpaired) electrons. The number of hydrogen-bond donors (Lipinski definition) is 1. The summed E-state index contributed by atoms with van der Waals surface area (Å²) in [5.74, 6) is -0.296. The maximum absolute atomic E-state index is 12.9. The number of β-amino-alcohol motifs (C(OH)–C–C–N with tert-alkyl or cyclic N) is 1. The highest BCUT2D eigenvalue weighted by Crippen LogP contribution is 2.17. The van der Waals surface area contributed by atoms with Crippen molar-refractivity contribution in [3.8, 4) is 0 Å². The quantitative estimate of drug-likeness (QED) is 0.887. The molecule has 1 aromatic heterocycles. The normalized spacial score (nSPS) is 20.9. The Hall–Kier alpha value is -1.83. The topological polar surface area (TPSA) is 63.4 Å². The lowest BCUT2D eigenvalue weighted by molar-refractivity contribution is -0.0487. The first kappa shape index (κ1) is 15.1. The SMILES string of the molecule is O[C@H](CN1CCO[C@@H](Cn2cncn2)C1)c1ccc(F)cc1. The molecule has 1 saturated heterocycles. The van der Waals surface area contributed by atoms with Crippen LogP contribution in [0.2, 0.25) is 0 Å². The zero-order chi connectivity index (χ0) is 15.4. The van der Waals surface area contributed by atoms with Crippen molar-refractivity contribution in [2.75, 3.05) is 26.2 Å². The Balaban J connectivity index is 1.54. The Labute approximate surface area is 128 Å². The van der Waals surface area contributed by atoms with Gasteiger partial charge in [0.25, 0.3) is 0 Å². The summed E-state index contributed by atoms with van der Waals surface area (Å²) in [7, 11) is 0. The molecule has 0 amide bonds. The third-order valence-corrected chi connectivity index (χ3v) is 3.77. The lowest BCUT2D eigenvalue weighted by Gasteiger charge is -2.34. The molecular formula is C15H19FN4O2. The summed E-state index contributed by atoms with van der Waals surface area (Å²) in [5.41, 5.74) is 0.723. The van der Waals surface area contributed by atoms with Crippen molar-refractivity contribution < 1.29 is 14.2 Å². The van der Waals surface area contributed by atoms with Gasteiger partial charge in [0.05, 0.1) is 25.4 Å². The second kappa shape index (κ2) is 6.95. The fraction of sp³-hybridized carbons (Fsp3) is 0.467. The van der Waals surface area contributed by atoms with Crippen molar-refractivity contribution in [3.63, 3.8) is 0 Å². The van der Waals surface area contributed by atoms with Crippen molar-refractivity contribution in [2.24, 2.45) is 0 Å². The molecule has 1 fully saturated rings. The van der Waals surface area contributed by atoms with E-state index < -0.39 is 6.10 Å². The van der Waals surface area contributed by atoms with E-state index in [0.717, 1.165) is 18.7 Å². The standard InChI is InChI=1S/C15H19FN4O2/c16-13-3-1-12(2-4-13)15(21)9-19-5-6-22-14(7-19)8-20-11-17-10-18-20/h1-4,10-11,14-15,21H,5-9H2/t14-,15-/m1/s1. The molecule has 22 heavy (non-hydrogen) atoms. The maximum Gasteiger partial charge on any atom is 0.137 e. The highest BCUT2D eigenvalue weighted by molar-refractivity contribution is 5.18. The van der Waals surface area contributed by atoms with Crippen LogP contribution in [0.1, 0.15) is 11.7 Å². The van der Waals surface area contributed by atoms with Crippen LogP contribution in [0, 0.1) is 5.82 Å². The lowest BCUT2D eigenvalue weighted by Crippen LogP contribution is -2.45. The summed E-state index contributed by atoms with van der Waals surface area (Å²) in [6.45, 7) is 3.26. The summed E-state index contributed by atoms with van der Waals surface area (Å²) in [4.78, 5) is 6.07. The van der Waals surface area contributed by atoms with Gasteiger partial charge in [-0.05, 0) is 17.7 Å². The van der Waals surface area contributed by atoms with Crippen molar-refractivity contribution in [2.45, 2.75) is 18.8 Å². The number of morpholine rings is 1. The third kappa shape index (κ3) is 3.88. The lowest BCUT2D eigenvalue weighted by atomic mass is 10.1. The van der Waals surface area contributed by atoms with E-state index in [1.54, 1.807) is 23.1 Å². The van der Waals surface area contributed by atoms with Gasteiger partial charge < -0.3 is 9.84 Å². The fourth-order valence-electron chi connectivity index (χ4n) is 2.63. The van der Waals surface area contributed by atoms with Crippen LogP contribution in [-0.4, -0.2) is 57.1 Å². The predicted octanol–water partition coefficient (Wildman–Crippen LogP) is 0.852. The minimum atomic E-state index is -0.634. The molecule has 1 aliphatic heterocycles. The fourth-order valence-corrected chi connectivity index (χ4v) is 2.63. The van der Waals surface area contributed by atoms with Gasteiger partial charge in [0.15, 0.2) is 0 Å². The number of aliphatic hydroxyl groups is 1. The second-order valence-corrected chi connectivity index (χ2v) is 5.44. The minimum absolute atomic E-state index is 0.0240. The Morgan fingerprint density at radius 3 is 2.91 bits per heavy atom. The van der Waals surface area contributed by atoms with E-state index in [1.165, 1.54) is 18.5 Å². The molecule has 0 spiro atoms. The Morgan fingerprint density at radius 1 is 1.36 bits per heavy atom. The largest absolute Gasteiger partial charge is 0.387 e. The Morgan fingerprint density at radius 2 is 2.18 bits per heavy atom. The monoisotopic (exact) mass is 306 g/mol. The van der Waals surface area contributed by atoms with Gasteiger partial charge >= 0.3 is 0 Å². The number of halogens is 1. The van der Waals surface area contributed by atoms with Gasteiger partial charge in [-0.15, -0.1) is 0 Å². The minimum Gasteiger partial charge on any atom is -0.387 e. The van der Waals surface area contributed by atoms with Crippen molar-refractivity contribution in [1.29, 1.82) is 0 Å². The third-order valence-electron chi connectivity index (χ3n) is 3.77. The second-order valence-electron chi connectivity index (χ2n) is 5.44. The Kier molecular flexibility index (Phi) is 4.77. The number of rotatable bonds is 5. The molecule has 1 aliphatic rings. The zero-order valence-corrected chi connectivity index (χ0v) is 12.2. The molecule has 0 bridgehead atoms. The van der Waals surface area contributed by atoms with Crippen molar-refractivity contribution in [3.05, 3.63) is 48.3 Å². The van der Waals surface area contributed by atoms with E-state index in [1.807, 2.05) is 0 Å². The van der Waals surface area contributed by atoms with E-state index in [9.17, 15) is 9.50 Å². The van der Waals surface area contributed by atoms with Crippen LogP contribution in [0.25, 0.3) is 0 Å². The van der Waals surface area contributed by atoms with E-state index >= 15 is 0 Å². The number of benzene rings is 1. The molecule has 1 aromatic carbocycles. The van der Waals surface area contributed by atoms with E-state index in [2.05, 4.69) is 15.0 Å². The van der Waals surface area contributed by atoms with Gasteiger partial charge in [-0.3, -0.25) is 9.58 Å². The molecule has 2 heterocycles. The number of aliphatic hydroxyl groups excluding tert-OH is 1. The molecule has 2 aromatic rings. The summed E-state index contributed by atoms with van der Waals surface area (Å²) >= 11 is 0. The maximum atomic E-state index is 12.9. The van der Waals surface area contributed by atoms with Crippen LogP contribution in [0.4, 0.5) is 4.39 Å². The molecule has 7 heteroatoms. The molecule has 6 nitrogen and oxygen atoms in total. The first-order valence-corrected chi connectivity index (χ1v) is 7.30. The predicted molar refractivity (Wildman–Crippen MR) is 77.6 cm³/mol. The summed E-state index contributed by atoms with van der Waals surface area (Å²) in [5, 5.41) is 14.3. The average Bonchev–Trinajstić information content (AvgIpc) is 3.01. The average molecular weight is 306 g/mol. The molecule has 1 N–H and O–H groups in total. The molecular weight excluding hydrogens is 287 g/mol. The number of hydrogen-bond acceptors (Lipinski definition) is 5. The van der Waals surface area contributed by atoms with Crippen LogP contribution >= 0.6 is 0 Å².